The Bertz CT molecular complexity index is 992. The quantitative estimate of drug-likeness (QED) is 0.393. The monoisotopic (exact) mass is 427 g/mol. The van der Waals surface area contributed by atoms with Crippen LogP contribution >= 0.6 is 23.1 Å². The SMILES string of the molecule is CCc1cccc(C)c1Nc1nnc(SCC(=O)NNC(=O)c2ccccc2)s1. The van der Waals surface area contributed by atoms with E-state index < -0.39 is 0 Å². The number of hydrogen-bond acceptors (Lipinski definition) is 7. The van der Waals surface area contributed by atoms with Gasteiger partial charge in [0, 0.05) is 11.3 Å². The van der Waals surface area contributed by atoms with Crippen LogP contribution in [0, 0.1) is 6.92 Å². The number of aryl methyl sites for hydroxylation is 2. The van der Waals surface area contributed by atoms with Crippen molar-refractivity contribution >= 4 is 45.7 Å². The van der Waals surface area contributed by atoms with Crippen molar-refractivity contribution in [1.82, 2.24) is 21.0 Å². The Morgan fingerprint density at radius 2 is 1.83 bits per heavy atom. The van der Waals surface area contributed by atoms with Gasteiger partial charge in [-0.3, -0.25) is 20.4 Å². The summed E-state index contributed by atoms with van der Waals surface area (Å²) in [4.78, 5) is 23.9. The van der Waals surface area contributed by atoms with Crippen molar-refractivity contribution in [2.45, 2.75) is 24.6 Å². The molecule has 0 atom stereocenters. The zero-order valence-electron chi connectivity index (χ0n) is 16.1. The fourth-order valence-corrected chi connectivity index (χ4v) is 4.14. The largest absolute Gasteiger partial charge is 0.330 e. The fourth-order valence-electron chi connectivity index (χ4n) is 2.58. The van der Waals surface area contributed by atoms with Crippen molar-refractivity contribution in [3.63, 3.8) is 0 Å². The van der Waals surface area contributed by atoms with E-state index in [9.17, 15) is 9.59 Å². The lowest BCUT2D eigenvalue weighted by Crippen LogP contribution is -2.42. The highest BCUT2D eigenvalue weighted by Gasteiger charge is 2.12. The van der Waals surface area contributed by atoms with Gasteiger partial charge in [-0.25, -0.2) is 0 Å². The highest BCUT2D eigenvalue weighted by atomic mass is 32.2. The van der Waals surface area contributed by atoms with E-state index in [1.807, 2.05) is 25.1 Å². The Morgan fingerprint density at radius 1 is 1.03 bits per heavy atom. The third-order valence-corrected chi connectivity index (χ3v) is 6.03. The van der Waals surface area contributed by atoms with Crippen LogP contribution in [0.5, 0.6) is 0 Å². The van der Waals surface area contributed by atoms with E-state index in [1.54, 1.807) is 24.3 Å². The Hall–Kier alpha value is -2.91. The molecule has 0 spiro atoms. The van der Waals surface area contributed by atoms with Crippen molar-refractivity contribution in [1.29, 1.82) is 0 Å². The van der Waals surface area contributed by atoms with Crippen LogP contribution < -0.4 is 16.2 Å². The van der Waals surface area contributed by atoms with Crippen molar-refractivity contribution < 1.29 is 9.59 Å². The molecule has 150 valence electrons. The first-order chi connectivity index (χ1) is 14.1. The van der Waals surface area contributed by atoms with E-state index in [4.69, 9.17) is 0 Å². The molecule has 0 radical (unpaired) electrons. The van der Waals surface area contributed by atoms with Crippen molar-refractivity contribution in [3.05, 3.63) is 65.2 Å². The molecular weight excluding hydrogens is 406 g/mol. The van der Waals surface area contributed by atoms with E-state index >= 15 is 0 Å². The lowest BCUT2D eigenvalue weighted by Gasteiger charge is -2.11. The number of rotatable bonds is 7. The van der Waals surface area contributed by atoms with Crippen LogP contribution in [0.3, 0.4) is 0 Å². The summed E-state index contributed by atoms with van der Waals surface area (Å²) in [5, 5.41) is 12.3. The summed E-state index contributed by atoms with van der Waals surface area (Å²) in [5.41, 5.74) is 8.67. The standard InChI is InChI=1S/C20H21N5O2S2/c1-3-14-11-7-8-13(2)17(14)21-19-24-25-20(29-19)28-12-16(26)22-23-18(27)15-9-5-4-6-10-15/h4-11H,3,12H2,1-2H3,(H,21,24)(H,22,26)(H,23,27). The van der Waals surface area contributed by atoms with Crippen LogP contribution in [-0.4, -0.2) is 27.8 Å². The smallest absolute Gasteiger partial charge is 0.269 e. The van der Waals surface area contributed by atoms with Gasteiger partial charge in [0.1, 0.15) is 0 Å². The third-order valence-electron chi connectivity index (χ3n) is 4.06. The van der Waals surface area contributed by atoms with Gasteiger partial charge in [-0.15, -0.1) is 10.2 Å². The van der Waals surface area contributed by atoms with Gasteiger partial charge in [-0.05, 0) is 36.6 Å². The second-order valence-electron chi connectivity index (χ2n) is 6.12. The molecule has 0 saturated carbocycles. The maximum absolute atomic E-state index is 12.0. The number of anilines is 2. The molecule has 0 aliphatic heterocycles. The highest BCUT2D eigenvalue weighted by molar-refractivity contribution is 8.01. The fraction of sp³-hybridized carbons (Fsp3) is 0.200. The zero-order chi connectivity index (χ0) is 20.6. The van der Waals surface area contributed by atoms with E-state index in [2.05, 4.69) is 39.4 Å². The van der Waals surface area contributed by atoms with Crippen molar-refractivity contribution in [2.24, 2.45) is 0 Å². The molecule has 2 amide bonds. The Morgan fingerprint density at radius 3 is 2.59 bits per heavy atom. The number of hydrazine groups is 1. The normalized spacial score (nSPS) is 10.4. The average Bonchev–Trinajstić information content (AvgIpc) is 3.20. The summed E-state index contributed by atoms with van der Waals surface area (Å²) in [7, 11) is 0. The van der Waals surface area contributed by atoms with Crippen molar-refractivity contribution in [2.75, 3.05) is 11.1 Å². The zero-order valence-corrected chi connectivity index (χ0v) is 17.7. The number of benzene rings is 2. The molecule has 0 aliphatic rings. The molecule has 0 fully saturated rings. The molecule has 3 N–H and O–H groups in total. The van der Waals surface area contributed by atoms with Crippen LogP contribution in [-0.2, 0) is 11.2 Å². The first-order valence-electron chi connectivity index (χ1n) is 9.03. The van der Waals surface area contributed by atoms with Crippen molar-refractivity contribution in [3.8, 4) is 0 Å². The van der Waals surface area contributed by atoms with E-state index in [-0.39, 0.29) is 17.6 Å². The molecule has 7 nitrogen and oxygen atoms in total. The predicted octanol–water partition coefficient (Wildman–Crippen LogP) is 3.71. The number of amides is 2. The maximum atomic E-state index is 12.0. The summed E-state index contributed by atoms with van der Waals surface area (Å²) in [6, 6.07) is 14.8. The Balaban J connectivity index is 1.49. The van der Waals surface area contributed by atoms with Gasteiger partial charge in [-0.2, -0.15) is 0 Å². The molecule has 2 aromatic carbocycles. The number of para-hydroxylation sites is 1. The minimum atomic E-state index is -0.365. The highest BCUT2D eigenvalue weighted by Crippen LogP contribution is 2.30. The van der Waals surface area contributed by atoms with Gasteiger partial charge in [0.2, 0.25) is 11.0 Å². The first kappa shape index (κ1) is 20.8. The molecule has 3 aromatic rings. The predicted molar refractivity (Wildman–Crippen MR) is 117 cm³/mol. The van der Waals surface area contributed by atoms with Crippen LogP contribution in [0.15, 0.2) is 52.9 Å². The summed E-state index contributed by atoms with van der Waals surface area (Å²) < 4.78 is 0.670. The average molecular weight is 428 g/mol. The Labute approximate surface area is 177 Å². The summed E-state index contributed by atoms with van der Waals surface area (Å²) >= 11 is 2.64. The number of thioether (sulfide) groups is 1. The molecule has 1 aromatic heterocycles. The summed E-state index contributed by atoms with van der Waals surface area (Å²) in [6.07, 6.45) is 0.916. The molecule has 3 rings (SSSR count). The van der Waals surface area contributed by atoms with Gasteiger partial charge in [0.15, 0.2) is 4.34 Å². The minimum absolute atomic E-state index is 0.119. The van der Waals surface area contributed by atoms with E-state index in [0.29, 0.717) is 15.0 Å². The number of nitrogens with zero attached hydrogens (tertiary/aromatic N) is 2. The van der Waals surface area contributed by atoms with Gasteiger partial charge >= 0.3 is 0 Å². The molecule has 29 heavy (non-hydrogen) atoms. The number of aromatic nitrogens is 2. The number of carbonyl (C=O) groups is 2. The maximum Gasteiger partial charge on any atom is 0.269 e. The lowest BCUT2D eigenvalue weighted by atomic mass is 10.1. The molecule has 0 unspecified atom stereocenters. The van der Waals surface area contributed by atoms with Crippen LogP contribution in [0.4, 0.5) is 10.8 Å². The summed E-state index contributed by atoms with van der Waals surface area (Å²) in [6.45, 7) is 4.16. The molecule has 1 heterocycles. The van der Waals surface area contributed by atoms with Gasteiger partial charge in [-0.1, -0.05) is 66.4 Å². The van der Waals surface area contributed by atoms with Gasteiger partial charge < -0.3 is 5.32 Å². The second-order valence-corrected chi connectivity index (χ2v) is 8.32. The van der Waals surface area contributed by atoms with Crippen LogP contribution in [0.25, 0.3) is 0 Å². The minimum Gasteiger partial charge on any atom is -0.330 e. The topological polar surface area (TPSA) is 96.0 Å². The first-order valence-corrected chi connectivity index (χ1v) is 10.8. The van der Waals surface area contributed by atoms with Gasteiger partial charge in [0.05, 0.1) is 5.75 Å². The molecule has 0 saturated heterocycles. The van der Waals surface area contributed by atoms with E-state index in [0.717, 1.165) is 17.7 Å². The molecule has 0 bridgehead atoms. The number of carbonyl (C=O) groups excluding carboxylic acids is 2. The molecule has 9 heteroatoms. The van der Waals surface area contributed by atoms with E-state index in [1.165, 1.54) is 28.7 Å². The second kappa shape index (κ2) is 10.0. The third kappa shape index (κ3) is 5.78. The molecular formula is C20H21N5O2S2. The van der Waals surface area contributed by atoms with Crippen LogP contribution in [0.2, 0.25) is 0 Å². The number of nitrogens with one attached hydrogen (secondary N) is 3. The summed E-state index contributed by atoms with van der Waals surface area (Å²) in [5.74, 6) is -0.568. The Kier molecular flexibility index (Phi) is 7.20. The van der Waals surface area contributed by atoms with Gasteiger partial charge in [0.25, 0.3) is 5.91 Å². The number of hydrogen-bond donors (Lipinski definition) is 3. The molecule has 0 aliphatic carbocycles. The lowest BCUT2D eigenvalue weighted by molar-refractivity contribution is -0.119. The van der Waals surface area contributed by atoms with Crippen LogP contribution in [0.1, 0.15) is 28.4 Å².